The fourth-order valence-electron chi connectivity index (χ4n) is 5.09. The molecule has 2 aromatic carbocycles. The molecule has 0 radical (unpaired) electrons. The number of anilines is 1. The fourth-order valence-corrected chi connectivity index (χ4v) is 5.09. The molecule has 0 atom stereocenters. The Kier molecular flexibility index (Phi) is 6.14. The van der Waals surface area contributed by atoms with Gasteiger partial charge in [-0.05, 0) is 62.3 Å². The minimum atomic E-state index is 0.701. The minimum Gasteiger partial charge on any atom is -0.493 e. The van der Waals surface area contributed by atoms with Crippen LogP contribution in [0.5, 0.6) is 11.5 Å². The molecule has 1 fully saturated rings. The van der Waals surface area contributed by atoms with Gasteiger partial charge in [-0.1, -0.05) is 36.4 Å². The summed E-state index contributed by atoms with van der Waals surface area (Å²) in [5.41, 5.74) is 6.32. The molecular formula is C28H32N4O2. The number of hydrogen-bond acceptors (Lipinski definition) is 5. The summed E-state index contributed by atoms with van der Waals surface area (Å²) < 4.78 is 13.0. The maximum Gasteiger partial charge on any atom is 0.165 e. The number of aryl methyl sites for hydroxylation is 2. The first-order valence-corrected chi connectivity index (χ1v) is 12.0. The summed E-state index contributed by atoms with van der Waals surface area (Å²) in [5.74, 6) is 3.25. The van der Waals surface area contributed by atoms with Crippen molar-refractivity contribution in [2.24, 2.45) is 5.92 Å². The third-order valence-electron chi connectivity index (χ3n) is 6.85. The second-order valence-corrected chi connectivity index (χ2v) is 9.14. The van der Waals surface area contributed by atoms with E-state index in [1.54, 1.807) is 14.2 Å². The largest absolute Gasteiger partial charge is 0.493 e. The quantitative estimate of drug-likeness (QED) is 0.384. The van der Waals surface area contributed by atoms with Crippen LogP contribution in [-0.4, -0.2) is 41.9 Å². The van der Waals surface area contributed by atoms with E-state index >= 15 is 0 Å². The van der Waals surface area contributed by atoms with Crippen LogP contribution in [0.15, 0.2) is 54.6 Å². The Hall–Kier alpha value is -3.54. The minimum absolute atomic E-state index is 0.701. The van der Waals surface area contributed by atoms with Gasteiger partial charge in [0, 0.05) is 30.4 Å². The van der Waals surface area contributed by atoms with Crippen molar-refractivity contribution in [2.45, 2.75) is 33.1 Å². The normalized spacial score (nSPS) is 14.5. The molecule has 3 heterocycles. The zero-order valence-electron chi connectivity index (χ0n) is 20.4. The fraction of sp³-hybridized carbons (Fsp3) is 0.357. The van der Waals surface area contributed by atoms with Gasteiger partial charge in [-0.15, -0.1) is 0 Å². The lowest BCUT2D eigenvalue weighted by atomic mass is 9.90. The van der Waals surface area contributed by atoms with Crippen molar-refractivity contribution in [2.75, 3.05) is 32.2 Å². The summed E-state index contributed by atoms with van der Waals surface area (Å²) >= 11 is 0. The molecule has 0 spiro atoms. The molecule has 176 valence electrons. The number of methoxy groups -OCH3 is 2. The summed E-state index contributed by atoms with van der Waals surface area (Å²) in [6, 6.07) is 19.0. The van der Waals surface area contributed by atoms with Gasteiger partial charge in [0.2, 0.25) is 0 Å². The van der Waals surface area contributed by atoms with Gasteiger partial charge in [0.05, 0.1) is 19.9 Å². The molecule has 4 aromatic rings. The van der Waals surface area contributed by atoms with Crippen molar-refractivity contribution in [1.82, 2.24) is 14.6 Å². The van der Waals surface area contributed by atoms with E-state index in [9.17, 15) is 0 Å². The molecular weight excluding hydrogens is 424 g/mol. The number of nitrogens with zero attached hydrogens (tertiary/aromatic N) is 4. The highest BCUT2D eigenvalue weighted by atomic mass is 16.5. The maximum absolute atomic E-state index is 5.54. The number of ether oxygens (including phenoxy) is 2. The SMILES string of the molecule is COc1ccc(-c2c(C)nn3c(N4CCC(Cc5ccccc5)CC4)cc(C)nc23)cc1OC. The average Bonchev–Trinajstić information content (AvgIpc) is 3.19. The van der Waals surface area contributed by atoms with Crippen molar-refractivity contribution in [1.29, 1.82) is 0 Å². The molecule has 0 unspecified atom stereocenters. The van der Waals surface area contributed by atoms with Gasteiger partial charge < -0.3 is 14.4 Å². The smallest absolute Gasteiger partial charge is 0.165 e. The summed E-state index contributed by atoms with van der Waals surface area (Å²) in [7, 11) is 3.31. The molecule has 6 heteroatoms. The molecule has 0 aliphatic carbocycles. The monoisotopic (exact) mass is 456 g/mol. The summed E-state index contributed by atoms with van der Waals surface area (Å²) in [5, 5.41) is 4.93. The Morgan fingerprint density at radius 1 is 0.912 bits per heavy atom. The molecule has 34 heavy (non-hydrogen) atoms. The van der Waals surface area contributed by atoms with Gasteiger partial charge in [-0.3, -0.25) is 0 Å². The second-order valence-electron chi connectivity index (χ2n) is 9.14. The van der Waals surface area contributed by atoms with Crippen molar-refractivity contribution in [3.63, 3.8) is 0 Å². The van der Waals surface area contributed by atoms with Crippen LogP contribution in [0.3, 0.4) is 0 Å². The molecule has 0 bridgehead atoms. The van der Waals surface area contributed by atoms with E-state index in [-0.39, 0.29) is 0 Å². The van der Waals surface area contributed by atoms with E-state index in [0.29, 0.717) is 11.5 Å². The van der Waals surface area contributed by atoms with E-state index in [1.807, 2.05) is 29.6 Å². The standard InChI is InChI=1S/C28H32N4O2/c1-19-16-26(31-14-12-22(13-15-31)17-21-8-6-5-7-9-21)32-28(29-19)27(20(2)30-32)23-10-11-24(33-3)25(18-23)34-4/h5-11,16,18,22H,12-15,17H2,1-4H3. The summed E-state index contributed by atoms with van der Waals surface area (Å²) in [6.07, 6.45) is 3.52. The first kappa shape index (κ1) is 22.3. The van der Waals surface area contributed by atoms with E-state index in [0.717, 1.165) is 59.4 Å². The Morgan fingerprint density at radius 2 is 1.65 bits per heavy atom. The average molecular weight is 457 g/mol. The van der Waals surface area contributed by atoms with Gasteiger partial charge in [0.15, 0.2) is 17.1 Å². The Balaban J connectivity index is 1.45. The molecule has 1 saturated heterocycles. The molecule has 0 amide bonds. The van der Waals surface area contributed by atoms with Gasteiger partial charge >= 0.3 is 0 Å². The molecule has 1 aliphatic rings. The van der Waals surface area contributed by atoms with Gasteiger partial charge in [0.1, 0.15) is 5.82 Å². The van der Waals surface area contributed by atoms with Gasteiger partial charge in [0.25, 0.3) is 0 Å². The van der Waals surface area contributed by atoms with E-state index in [1.165, 1.54) is 18.4 Å². The number of rotatable bonds is 6. The number of hydrogen-bond donors (Lipinski definition) is 0. The second kappa shape index (κ2) is 9.37. The predicted molar refractivity (Wildman–Crippen MR) is 136 cm³/mol. The van der Waals surface area contributed by atoms with Crippen LogP contribution in [-0.2, 0) is 6.42 Å². The number of benzene rings is 2. The van der Waals surface area contributed by atoms with Crippen LogP contribution in [0.1, 0.15) is 29.8 Å². The Morgan fingerprint density at radius 3 is 2.35 bits per heavy atom. The first-order valence-electron chi connectivity index (χ1n) is 12.0. The molecule has 0 N–H and O–H groups in total. The summed E-state index contributed by atoms with van der Waals surface area (Å²) in [4.78, 5) is 7.37. The van der Waals surface area contributed by atoms with Crippen LogP contribution in [0, 0.1) is 19.8 Å². The van der Waals surface area contributed by atoms with E-state index in [4.69, 9.17) is 19.6 Å². The lowest BCUT2D eigenvalue weighted by Gasteiger charge is -2.33. The third-order valence-corrected chi connectivity index (χ3v) is 6.85. The van der Waals surface area contributed by atoms with Crippen molar-refractivity contribution in [3.05, 3.63) is 71.5 Å². The molecule has 0 saturated carbocycles. The first-order chi connectivity index (χ1) is 16.6. The highest BCUT2D eigenvalue weighted by molar-refractivity contribution is 5.82. The lowest BCUT2D eigenvalue weighted by Crippen LogP contribution is -2.35. The van der Waals surface area contributed by atoms with Crippen LogP contribution >= 0.6 is 0 Å². The zero-order valence-corrected chi connectivity index (χ0v) is 20.4. The van der Waals surface area contributed by atoms with Crippen molar-refractivity contribution < 1.29 is 9.47 Å². The van der Waals surface area contributed by atoms with E-state index in [2.05, 4.69) is 48.2 Å². The molecule has 1 aliphatic heterocycles. The van der Waals surface area contributed by atoms with Gasteiger partial charge in [-0.2, -0.15) is 9.61 Å². The predicted octanol–water partition coefficient (Wildman–Crippen LogP) is 5.49. The van der Waals surface area contributed by atoms with Crippen LogP contribution in [0.2, 0.25) is 0 Å². The highest BCUT2D eigenvalue weighted by Gasteiger charge is 2.24. The number of aromatic nitrogens is 3. The molecule has 2 aromatic heterocycles. The van der Waals surface area contributed by atoms with E-state index < -0.39 is 0 Å². The highest BCUT2D eigenvalue weighted by Crippen LogP contribution is 2.36. The number of fused-ring (bicyclic) bond motifs is 1. The molecule has 5 rings (SSSR count). The number of piperidine rings is 1. The zero-order chi connectivity index (χ0) is 23.7. The Bertz CT molecular complexity index is 1290. The summed E-state index contributed by atoms with van der Waals surface area (Å²) in [6.45, 7) is 6.17. The van der Waals surface area contributed by atoms with Crippen LogP contribution in [0.25, 0.3) is 16.8 Å². The topological polar surface area (TPSA) is 51.9 Å². The van der Waals surface area contributed by atoms with Gasteiger partial charge in [-0.25, -0.2) is 4.98 Å². The van der Waals surface area contributed by atoms with Crippen LogP contribution in [0.4, 0.5) is 5.82 Å². The van der Waals surface area contributed by atoms with Crippen LogP contribution < -0.4 is 14.4 Å². The van der Waals surface area contributed by atoms with Crippen molar-refractivity contribution >= 4 is 11.5 Å². The van der Waals surface area contributed by atoms with Crippen molar-refractivity contribution in [3.8, 4) is 22.6 Å². The third kappa shape index (κ3) is 4.20. The maximum atomic E-state index is 5.54. The molecule has 6 nitrogen and oxygen atoms in total. The lowest BCUT2D eigenvalue weighted by molar-refractivity contribution is 0.355. The Labute approximate surface area is 201 Å².